The van der Waals surface area contributed by atoms with E-state index >= 15 is 0 Å². The van der Waals surface area contributed by atoms with Crippen molar-refractivity contribution >= 4 is 11.6 Å². The van der Waals surface area contributed by atoms with Crippen LogP contribution in [0, 0.1) is 0 Å². The van der Waals surface area contributed by atoms with Crippen LogP contribution < -0.4 is 5.73 Å². The summed E-state index contributed by atoms with van der Waals surface area (Å²) in [5, 5.41) is 0. The van der Waals surface area contributed by atoms with Gasteiger partial charge in [0.1, 0.15) is 6.54 Å². The zero-order valence-electron chi connectivity index (χ0n) is 12.3. The highest BCUT2D eigenvalue weighted by Gasteiger charge is 2.35. The number of alkyl halides is 3. The molecule has 0 atom stereocenters. The molecular formula is C15H21F3N2O. The Hall–Kier alpha value is -1.72. The Morgan fingerprint density at radius 3 is 2.38 bits per heavy atom. The van der Waals surface area contributed by atoms with Crippen LogP contribution >= 0.6 is 0 Å². The lowest BCUT2D eigenvalue weighted by Gasteiger charge is -2.31. The second-order valence-electron chi connectivity index (χ2n) is 5.03. The Morgan fingerprint density at radius 1 is 1.29 bits per heavy atom. The van der Waals surface area contributed by atoms with Crippen molar-refractivity contribution in [3.05, 3.63) is 29.8 Å². The van der Waals surface area contributed by atoms with Crippen LogP contribution in [0.25, 0.3) is 0 Å². The van der Waals surface area contributed by atoms with E-state index in [-0.39, 0.29) is 6.42 Å². The number of benzene rings is 1. The average molecular weight is 302 g/mol. The van der Waals surface area contributed by atoms with Gasteiger partial charge in [-0.15, -0.1) is 0 Å². The highest BCUT2D eigenvalue weighted by molar-refractivity contribution is 5.79. The Balaban J connectivity index is 2.89. The fourth-order valence-corrected chi connectivity index (χ4v) is 2.32. The van der Waals surface area contributed by atoms with E-state index in [2.05, 4.69) is 0 Å². The average Bonchev–Trinajstić information content (AvgIpc) is 2.37. The molecule has 118 valence electrons. The van der Waals surface area contributed by atoms with E-state index in [9.17, 15) is 18.0 Å². The van der Waals surface area contributed by atoms with Gasteiger partial charge in [0.2, 0.25) is 5.91 Å². The van der Waals surface area contributed by atoms with Gasteiger partial charge < -0.3 is 10.6 Å². The summed E-state index contributed by atoms with van der Waals surface area (Å²) in [5.74, 6) is -0.522. The van der Waals surface area contributed by atoms with Crippen molar-refractivity contribution in [3.63, 3.8) is 0 Å². The molecule has 6 heteroatoms. The number of carbonyl (C=O) groups is 1. The Kier molecular flexibility index (Phi) is 6.05. The van der Waals surface area contributed by atoms with Gasteiger partial charge in [-0.1, -0.05) is 26.0 Å². The van der Waals surface area contributed by atoms with E-state index in [1.165, 1.54) is 0 Å². The predicted molar refractivity (Wildman–Crippen MR) is 76.7 cm³/mol. The van der Waals surface area contributed by atoms with E-state index in [1.807, 2.05) is 0 Å². The highest BCUT2D eigenvalue weighted by Crippen LogP contribution is 2.21. The number of halogens is 3. The largest absolute Gasteiger partial charge is 0.406 e. The molecule has 0 heterocycles. The van der Waals surface area contributed by atoms with Crippen molar-refractivity contribution in [2.75, 3.05) is 12.3 Å². The van der Waals surface area contributed by atoms with E-state index in [0.29, 0.717) is 24.1 Å². The molecule has 0 aromatic heterocycles. The van der Waals surface area contributed by atoms with Crippen molar-refractivity contribution in [2.45, 2.75) is 45.3 Å². The lowest BCUT2D eigenvalue weighted by molar-refractivity contribution is -0.165. The molecule has 0 bridgehead atoms. The van der Waals surface area contributed by atoms with Crippen LogP contribution in [0.1, 0.15) is 32.3 Å². The van der Waals surface area contributed by atoms with Crippen LogP contribution in [0.4, 0.5) is 18.9 Å². The lowest BCUT2D eigenvalue weighted by Crippen LogP contribution is -2.46. The third-order valence-corrected chi connectivity index (χ3v) is 3.36. The second kappa shape index (κ2) is 7.33. The number of rotatable bonds is 6. The Labute approximate surface area is 122 Å². The number of nitrogen functional groups attached to an aromatic ring is 1. The molecule has 1 aromatic rings. The van der Waals surface area contributed by atoms with Gasteiger partial charge in [0.05, 0.1) is 6.42 Å². The van der Waals surface area contributed by atoms with Crippen LogP contribution in [0.2, 0.25) is 0 Å². The van der Waals surface area contributed by atoms with Crippen molar-refractivity contribution in [2.24, 2.45) is 0 Å². The number of amides is 1. The van der Waals surface area contributed by atoms with Crippen LogP contribution in [0.15, 0.2) is 24.3 Å². The van der Waals surface area contributed by atoms with E-state index < -0.39 is 24.7 Å². The van der Waals surface area contributed by atoms with Gasteiger partial charge in [0.25, 0.3) is 0 Å². The quantitative estimate of drug-likeness (QED) is 0.819. The molecule has 21 heavy (non-hydrogen) atoms. The fourth-order valence-electron chi connectivity index (χ4n) is 2.32. The Morgan fingerprint density at radius 2 is 1.90 bits per heavy atom. The first-order valence-electron chi connectivity index (χ1n) is 6.97. The molecule has 0 saturated heterocycles. The zero-order valence-corrected chi connectivity index (χ0v) is 12.3. The number of carbonyl (C=O) groups excluding carboxylic acids is 1. The van der Waals surface area contributed by atoms with Crippen molar-refractivity contribution in [1.82, 2.24) is 4.90 Å². The molecule has 0 radical (unpaired) electrons. The van der Waals surface area contributed by atoms with Crippen molar-refractivity contribution in [3.8, 4) is 0 Å². The molecule has 3 nitrogen and oxygen atoms in total. The minimum absolute atomic E-state index is 0.0718. The smallest absolute Gasteiger partial charge is 0.399 e. The summed E-state index contributed by atoms with van der Waals surface area (Å²) in [6, 6.07) is 6.25. The maximum absolute atomic E-state index is 12.7. The molecule has 2 N–H and O–H groups in total. The molecule has 1 rings (SSSR count). The maximum atomic E-state index is 12.7. The molecule has 1 aromatic carbocycles. The second-order valence-corrected chi connectivity index (χ2v) is 5.03. The summed E-state index contributed by atoms with van der Waals surface area (Å²) in [7, 11) is 0. The monoisotopic (exact) mass is 302 g/mol. The molecule has 0 unspecified atom stereocenters. The summed E-state index contributed by atoms with van der Waals surface area (Å²) in [5.41, 5.74) is 6.73. The lowest BCUT2D eigenvalue weighted by atomic mass is 10.1. The topological polar surface area (TPSA) is 46.3 Å². The standard InChI is InChI=1S/C15H21F3N2O/c1-3-13(4-2)20(10-15(16,17)18)14(21)9-11-6-5-7-12(19)8-11/h5-8,13H,3-4,9-10,19H2,1-2H3. The van der Waals surface area contributed by atoms with Crippen LogP contribution in [-0.4, -0.2) is 29.6 Å². The van der Waals surface area contributed by atoms with Crippen molar-refractivity contribution in [1.29, 1.82) is 0 Å². The molecule has 0 aliphatic heterocycles. The SMILES string of the molecule is CCC(CC)N(CC(F)(F)F)C(=O)Cc1cccc(N)c1. The van der Waals surface area contributed by atoms with Gasteiger partial charge in [-0.25, -0.2) is 0 Å². The first-order valence-corrected chi connectivity index (χ1v) is 6.97. The molecular weight excluding hydrogens is 281 g/mol. The van der Waals surface area contributed by atoms with Gasteiger partial charge in [-0.3, -0.25) is 4.79 Å². The molecule has 0 fully saturated rings. The van der Waals surface area contributed by atoms with Gasteiger partial charge in [-0.2, -0.15) is 13.2 Å². The minimum Gasteiger partial charge on any atom is -0.399 e. The first kappa shape index (κ1) is 17.3. The number of hydrogen-bond acceptors (Lipinski definition) is 2. The maximum Gasteiger partial charge on any atom is 0.406 e. The third kappa shape index (κ3) is 5.65. The normalized spacial score (nSPS) is 11.7. The van der Waals surface area contributed by atoms with Gasteiger partial charge in [0.15, 0.2) is 0 Å². The summed E-state index contributed by atoms with van der Waals surface area (Å²) in [4.78, 5) is 13.2. The molecule has 0 aliphatic carbocycles. The first-order chi connectivity index (χ1) is 9.76. The summed E-state index contributed by atoms with van der Waals surface area (Å²) in [6.45, 7) is 2.36. The highest BCUT2D eigenvalue weighted by atomic mass is 19.4. The number of nitrogens with two attached hydrogens (primary N) is 1. The van der Waals surface area contributed by atoms with Crippen LogP contribution in [0.3, 0.4) is 0 Å². The zero-order chi connectivity index (χ0) is 16.0. The summed E-state index contributed by atoms with van der Waals surface area (Å²) < 4.78 is 38.1. The molecule has 0 spiro atoms. The fraction of sp³-hybridized carbons (Fsp3) is 0.533. The molecule has 0 aliphatic rings. The number of nitrogens with zero attached hydrogens (tertiary/aromatic N) is 1. The number of hydrogen-bond donors (Lipinski definition) is 1. The van der Waals surface area contributed by atoms with Gasteiger partial charge >= 0.3 is 6.18 Å². The van der Waals surface area contributed by atoms with Crippen LogP contribution in [0.5, 0.6) is 0 Å². The Bertz CT molecular complexity index is 470. The van der Waals surface area contributed by atoms with E-state index in [1.54, 1.807) is 38.1 Å². The van der Waals surface area contributed by atoms with E-state index in [0.717, 1.165) is 4.90 Å². The van der Waals surface area contributed by atoms with Gasteiger partial charge in [0, 0.05) is 11.7 Å². The summed E-state index contributed by atoms with van der Waals surface area (Å²) >= 11 is 0. The molecule has 0 saturated carbocycles. The number of anilines is 1. The minimum atomic E-state index is -4.39. The van der Waals surface area contributed by atoms with Crippen molar-refractivity contribution < 1.29 is 18.0 Å². The molecule has 1 amide bonds. The van der Waals surface area contributed by atoms with Crippen LogP contribution in [-0.2, 0) is 11.2 Å². The van der Waals surface area contributed by atoms with Gasteiger partial charge in [-0.05, 0) is 30.5 Å². The third-order valence-electron chi connectivity index (χ3n) is 3.36. The van der Waals surface area contributed by atoms with E-state index in [4.69, 9.17) is 5.73 Å². The summed E-state index contributed by atoms with van der Waals surface area (Å²) in [6.07, 6.45) is -3.48. The predicted octanol–water partition coefficient (Wildman–Crippen LogP) is 3.39.